The summed E-state index contributed by atoms with van der Waals surface area (Å²) in [6.07, 6.45) is 1.65. The zero-order chi connectivity index (χ0) is 8.43. The van der Waals surface area contributed by atoms with Gasteiger partial charge in [0, 0.05) is 11.1 Å². The van der Waals surface area contributed by atoms with Crippen LogP contribution in [0.3, 0.4) is 0 Å². The highest BCUT2D eigenvalue weighted by Gasteiger charge is 2.07. The quantitative estimate of drug-likeness (QED) is 0.763. The van der Waals surface area contributed by atoms with Crippen molar-refractivity contribution in [1.82, 2.24) is 0 Å². The highest BCUT2D eigenvalue weighted by molar-refractivity contribution is 7.86. The van der Waals surface area contributed by atoms with Gasteiger partial charge < -0.3 is 5.11 Å². The van der Waals surface area contributed by atoms with Gasteiger partial charge in [0.15, 0.2) is 0 Å². The second kappa shape index (κ2) is 3.47. The van der Waals surface area contributed by atoms with Crippen LogP contribution >= 0.6 is 11.3 Å². The summed E-state index contributed by atoms with van der Waals surface area (Å²) in [6.45, 7) is 1.95. The van der Waals surface area contributed by atoms with Gasteiger partial charge in [0.05, 0.1) is 21.6 Å². The minimum atomic E-state index is -0.914. The molecule has 1 heterocycles. The van der Waals surface area contributed by atoms with E-state index in [-0.39, 0.29) is 6.61 Å². The highest BCUT2D eigenvalue weighted by atomic mass is 32.2. The van der Waals surface area contributed by atoms with Crippen molar-refractivity contribution in [3.8, 4) is 0 Å². The van der Waals surface area contributed by atoms with Gasteiger partial charge in [-0.25, -0.2) is 0 Å². The molecule has 0 bridgehead atoms. The van der Waals surface area contributed by atoms with Crippen LogP contribution in [0.2, 0.25) is 0 Å². The molecule has 1 unspecified atom stereocenters. The van der Waals surface area contributed by atoms with E-state index in [2.05, 4.69) is 0 Å². The second-order valence-corrected chi connectivity index (χ2v) is 5.01. The van der Waals surface area contributed by atoms with E-state index in [1.165, 1.54) is 11.3 Å². The van der Waals surface area contributed by atoms with Gasteiger partial charge in [0.25, 0.3) is 0 Å². The summed E-state index contributed by atoms with van der Waals surface area (Å²) < 4.78 is 11.9. The van der Waals surface area contributed by atoms with E-state index >= 15 is 0 Å². The summed E-state index contributed by atoms with van der Waals surface area (Å²) in [6, 6.07) is 1.88. The lowest BCUT2D eigenvalue weighted by atomic mass is 10.3. The fourth-order valence-electron chi connectivity index (χ4n) is 0.893. The summed E-state index contributed by atoms with van der Waals surface area (Å²) in [4.78, 5) is 0.882. The zero-order valence-electron chi connectivity index (χ0n) is 6.46. The van der Waals surface area contributed by atoms with Crippen LogP contribution in [0.4, 0.5) is 0 Å². The fourth-order valence-corrected chi connectivity index (χ4v) is 2.95. The minimum Gasteiger partial charge on any atom is -0.391 e. The first-order valence-corrected chi connectivity index (χ1v) is 5.56. The monoisotopic (exact) mass is 190 g/mol. The van der Waals surface area contributed by atoms with Crippen LogP contribution in [0.1, 0.15) is 10.4 Å². The Balaban J connectivity index is 3.07. The number of rotatable bonds is 2. The van der Waals surface area contributed by atoms with Gasteiger partial charge in [-0.3, -0.25) is 4.21 Å². The van der Waals surface area contributed by atoms with Gasteiger partial charge in [0.1, 0.15) is 0 Å². The number of thiophene rings is 1. The average molecular weight is 190 g/mol. The van der Waals surface area contributed by atoms with Gasteiger partial charge in [-0.2, -0.15) is 0 Å². The molecule has 0 aliphatic heterocycles. The molecule has 1 atom stereocenters. The molecule has 0 spiro atoms. The fraction of sp³-hybridized carbons (Fsp3) is 0.429. The van der Waals surface area contributed by atoms with Crippen molar-refractivity contribution in [1.29, 1.82) is 0 Å². The van der Waals surface area contributed by atoms with Crippen molar-refractivity contribution in [2.45, 2.75) is 17.7 Å². The van der Waals surface area contributed by atoms with E-state index in [4.69, 9.17) is 5.11 Å². The molecular formula is C7H10O2S2. The van der Waals surface area contributed by atoms with Gasteiger partial charge in [-0.1, -0.05) is 0 Å². The lowest BCUT2D eigenvalue weighted by Gasteiger charge is -1.89. The minimum absolute atomic E-state index is 0.0444. The molecule has 1 aromatic heterocycles. The maximum absolute atomic E-state index is 11.0. The van der Waals surface area contributed by atoms with E-state index in [0.29, 0.717) is 0 Å². The smallest absolute Gasteiger partial charge is 0.0940 e. The normalized spacial score (nSPS) is 13.4. The van der Waals surface area contributed by atoms with Crippen molar-refractivity contribution in [3.63, 3.8) is 0 Å². The third kappa shape index (κ3) is 1.89. The summed E-state index contributed by atoms with van der Waals surface area (Å²) in [7, 11) is -0.914. The van der Waals surface area contributed by atoms with Crippen molar-refractivity contribution < 1.29 is 9.32 Å². The summed E-state index contributed by atoms with van der Waals surface area (Å²) in [5.41, 5.74) is 1.01. The maximum Gasteiger partial charge on any atom is 0.0940 e. The molecule has 0 aromatic carbocycles. The molecule has 1 rings (SSSR count). The zero-order valence-corrected chi connectivity index (χ0v) is 8.09. The van der Waals surface area contributed by atoms with Gasteiger partial charge in [0.2, 0.25) is 0 Å². The molecule has 0 fully saturated rings. The van der Waals surface area contributed by atoms with Crippen LogP contribution in [-0.4, -0.2) is 15.6 Å². The Morgan fingerprint density at radius 2 is 2.36 bits per heavy atom. The number of hydrogen-bond acceptors (Lipinski definition) is 3. The Morgan fingerprint density at radius 3 is 2.64 bits per heavy atom. The van der Waals surface area contributed by atoms with Crippen molar-refractivity contribution in [3.05, 3.63) is 16.5 Å². The maximum atomic E-state index is 11.0. The van der Waals surface area contributed by atoms with Gasteiger partial charge in [-0.15, -0.1) is 11.3 Å². The highest BCUT2D eigenvalue weighted by Crippen LogP contribution is 2.24. The Hall–Kier alpha value is -0.190. The van der Waals surface area contributed by atoms with E-state index < -0.39 is 10.8 Å². The van der Waals surface area contributed by atoms with Crippen LogP contribution in [0, 0.1) is 6.92 Å². The Labute approximate surface area is 72.3 Å². The standard InChI is InChI=1S/C7H10O2S2/c1-5-3-6(4-8)10-7(5)11(2)9/h3,8H,4H2,1-2H3. The molecule has 11 heavy (non-hydrogen) atoms. The average Bonchev–Trinajstić information content (AvgIpc) is 2.30. The molecule has 0 saturated carbocycles. The van der Waals surface area contributed by atoms with E-state index in [9.17, 15) is 4.21 Å². The molecule has 0 aliphatic rings. The lowest BCUT2D eigenvalue weighted by molar-refractivity contribution is 0.285. The molecule has 0 amide bonds. The molecule has 0 saturated heterocycles. The number of aliphatic hydroxyl groups is 1. The molecule has 4 heteroatoms. The molecule has 0 aliphatic carbocycles. The Morgan fingerprint density at radius 1 is 1.73 bits per heavy atom. The molecule has 0 radical (unpaired) electrons. The topological polar surface area (TPSA) is 37.3 Å². The molecule has 1 aromatic rings. The first kappa shape index (κ1) is 8.90. The molecule has 62 valence electrons. The summed E-state index contributed by atoms with van der Waals surface area (Å²) in [5, 5.41) is 8.77. The predicted molar refractivity (Wildman–Crippen MR) is 47.3 cm³/mol. The van der Waals surface area contributed by atoms with Crippen LogP contribution in [-0.2, 0) is 17.4 Å². The van der Waals surface area contributed by atoms with E-state index in [1.54, 1.807) is 6.26 Å². The SMILES string of the molecule is Cc1cc(CO)sc1S(C)=O. The van der Waals surface area contributed by atoms with Crippen molar-refractivity contribution >= 4 is 22.1 Å². The third-order valence-electron chi connectivity index (χ3n) is 1.34. The van der Waals surface area contributed by atoms with E-state index in [1.807, 2.05) is 13.0 Å². The van der Waals surface area contributed by atoms with Crippen LogP contribution < -0.4 is 0 Å². The summed E-state index contributed by atoms with van der Waals surface area (Å²) in [5.74, 6) is 0. The molecule has 2 nitrogen and oxygen atoms in total. The molecular weight excluding hydrogens is 180 g/mol. The van der Waals surface area contributed by atoms with Crippen LogP contribution in [0.5, 0.6) is 0 Å². The first-order chi connectivity index (χ1) is 5.15. The largest absolute Gasteiger partial charge is 0.391 e. The van der Waals surface area contributed by atoms with Crippen LogP contribution in [0.25, 0.3) is 0 Å². The lowest BCUT2D eigenvalue weighted by Crippen LogP contribution is -1.83. The number of hydrogen-bond donors (Lipinski definition) is 1. The van der Waals surface area contributed by atoms with Crippen LogP contribution in [0.15, 0.2) is 10.3 Å². The van der Waals surface area contributed by atoms with E-state index in [0.717, 1.165) is 14.6 Å². The summed E-state index contributed by atoms with van der Waals surface area (Å²) >= 11 is 1.42. The van der Waals surface area contributed by atoms with Gasteiger partial charge >= 0.3 is 0 Å². The Kier molecular flexibility index (Phi) is 2.81. The van der Waals surface area contributed by atoms with Crippen molar-refractivity contribution in [2.75, 3.05) is 6.26 Å². The number of aryl methyl sites for hydroxylation is 1. The predicted octanol–water partition coefficient (Wildman–Crippen LogP) is 1.29. The van der Waals surface area contributed by atoms with Crippen molar-refractivity contribution in [2.24, 2.45) is 0 Å². The third-order valence-corrected chi connectivity index (χ3v) is 4.15. The second-order valence-electron chi connectivity index (χ2n) is 2.30. The molecule has 1 N–H and O–H groups in total. The number of aliphatic hydroxyl groups excluding tert-OH is 1. The first-order valence-electron chi connectivity index (χ1n) is 3.18. The Bertz CT molecular complexity index is 278. The van der Waals surface area contributed by atoms with Gasteiger partial charge in [-0.05, 0) is 18.6 Å².